The molecule has 1 saturated heterocycles. The molecule has 2 aliphatic rings. The van der Waals surface area contributed by atoms with Crippen molar-refractivity contribution in [2.45, 2.75) is 36.7 Å². The molecular weight excluding hydrogens is 362 g/mol. The summed E-state index contributed by atoms with van der Waals surface area (Å²) in [5.41, 5.74) is 0. The van der Waals surface area contributed by atoms with Gasteiger partial charge < -0.3 is 10.2 Å². The number of rotatable bonds is 5. The van der Waals surface area contributed by atoms with Crippen molar-refractivity contribution in [3.8, 4) is 0 Å². The summed E-state index contributed by atoms with van der Waals surface area (Å²) in [4.78, 5) is 13.7. The maximum absolute atomic E-state index is 13.0. The van der Waals surface area contributed by atoms with Crippen molar-refractivity contribution in [3.63, 3.8) is 0 Å². The van der Waals surface area contributed by atoms with E-state index in [4.69, 9.17) is 0 Å². The summed E-state index contributed by atoms with van der Waals surface area (Å²) in [5, 5.41) is 5.00. The van der Waals surface area contributed by atoms with Crippen LogP contribution in [0.15, 0.2) is 47.4 Å². The molecule has 2 N–H and O–H groups in total. The van der Waals surface area contributed by atoms with Crippen LogP contribution >= 0.6 is 0 Å². The predicted molar refractivity (Wildman–Crippen MR) is 104 cm³/mol. The van der Waals surface area contributed by atoms with Gasteiger partial charge in [-0.05, 0) is 42.7 Å². The first-order valence-electron chi connectivity index (χ1n) is 9.59. The van der Waals surface area contributed by atoms with E-state index in [2.05, 4.69) is 5.32 Å². The second-order valence-corrected chi connectivity index (χ2v) is 9.51. The maximum atomic E-state index is 13.0. The number of piperazine rings is 1. The first kappa shape index (κ1) is 18.4. The SMILES string of the molecule is C[C@@H](C(=O)NC1CC1)[NH+]1CCN(S(=O)(=O)c2ccc3ccccc3c2)CC1. The summed E-state index contributed by atoms with van der Waals surface area (Å²) in [6, 6.07) is 13.3. The smallest absolute Gasteiger partial charge is 0.278 e. The fourth-order valence-corrected chi connectivity index (χ4v) is 5.14. The molecule has 1 amide bonds. The number of benzene rings is 2. The lowest BCUT2D eigenvalue weighted by molar-refractivity contribution is -0.917. The number of fused-ring (bicyclic) bond motifs is 1. The Bertz CT molecular complexity index is 948. The highest BCUT2D eigenvalue weighted by molar-refractivity contribution is 7.89. The van der Waals surface area contributed by atoms with Crippen LogP contribution in [0.4, 0.5) is 0 Å². The Morgan fingerprint density at radius 2 is 1.78 bits per heavy atom. The lowest BCUT2D eigenvalue weighted by Gasteiger charge is -2.34. The van der Waals surface area contributed by atoms with Crippen molar-refractivity contribution in [1.82, 2.24) is 9.62 Å². The van der Waals surface area contributed by atoms with Crippen LogP contribution in [0.25, 0.3) is 10.8 Å². The third-order valence-corrected chi connectivity index (χ3v) is 7.55. The zero-order chi connectivity index (χ0) is 19.0. The fraction of sp³-hybridized carbons (Fsp3) is 0.450. The van der Waals surface area contributed by atoms with Gasteiger partial charge in [0.2, 0.25) is 10.0 Å². The summed E-state index contributed by atoms with van der Waals surface area (Å²) < 4.78 is 27.6. The van der Waals surface area contributed by atoms with Gasteiger partial charge in [-0.3, -0.25) is 4.79 Å². The standard InChI is InChI=1S/C20H25N3O3S/c1-15(20(24)21-18-7-8-18)22-10-12-23(13-11-22)27(25,26)19-9-6-16-4-2-3-5-17(16)14-19/h2-6,9,14-15,18H,7-8,10-13H2,1H3,(H,21,24)/p+1/t15-/m0/s1. The summed E-state index contributed by atoms with van der Waals surface area (Å²) in [6.45, 7) is 4.09. The number of quaternary nitrogens is 1. The molecule has 4 rings (SSSR count). The van der Waals surface area contributed by atoms with E-state index < -0.39 is 10.0 Å². The first-order valence-corrected chi connectivity index (χ1v) is 11.0. The third kappa shape index (κ3) is 3.85. The second kappa shape index (κ2) is 7.22. The lowest BCUT2D eigenvalue weighted by Crippen LogP contribution is -3.19. The lowest BCUT2D eigenvalue weighted by atomic mass is 10.1. The molecule has 2 aromatic carbocycles. The molecule has 2 fully saturated rings. The van der Waals surface area contributed by atoms with Crippen LogP contribution in [0.1, 0.15) is 19.8 Å². The zero-order valence-corrected chi connectivity index (χ0v) is 16.3. The number of nitrogens with one attached hydrogen (secondary N) is 2. The molecule has 0 aromatic heterocycles. The van der Waals surface area contributed by atoms with Crippen LogP contribution in [0.3, 0.4) is 0 Å². The van der Waals surface area contributed by atoms with Gasteiger partial charge in [0, 0.05) is 6.04 Å². The molecule has 144 valence electrons. The number of nitrogens with zero attached hydrogens (tertiary/aromatic N) is 1. The molecule has 1 aliphatic carbocycles. The Morgan fingerprint density at radius 1 is 1.11 bits per heavy atom. The molecule has 2 aromatic rings. The molecular formula is C20H26N3O3S+. The first-order chi connectivity index (χ1) is 12.9. The largest absolute Gasteiger partial charge is 0.348 e. The molecule has 0 unspecified atom stereocenters. The van der Waals surface area contributed by atoms with Gasteiger partial charge in [0.15, 0.2) is 6.04 Å². The van der Waals surface area contributed by atoms with E-state index in [1.807, 2.05) is 37.3 Å². The molecule has 6 nitrogen and oxygen atoms in total. The quantitative estimate of drug-likeness (QED) is 0.779. The van der Waals surface area contributed by atoms with E-state index in [0.29, 0.717) is 37.1 Å². The van der Waals surface area contributed by atoms with Gasteiger partial charge in [0.05, 0.1) is 31.1 Å². The molecule has 1 heterocycles. The van der Waals surface area contributed by atoms with Gasteiger partial charge in [-0.25, -0.2) is 8.42 Å². The second-order valence-electron chi connectivity index (χ2n) is 7.58. The van der Waals surface area contributed by atoms with Crippen LogP contribution in [-0.2, 0) is 14.8 Å². The van der Waals surface area contributed by atoms with Crippen LogP contribution in [-0.4, -0.2) is 56.9 Å². The van der Waals surface area contributed by atoms with Gasteiger partial charge >= 0.3 is 0 Å². The van der Waals surface area contributed by atoms with Crippen molar-refractivity contribution >= 4 is 26.7 Å². The highest BCUT2D eigenvalue weighted by Crippen LogP contribution is 2.22. The highest BCUT2D eigenvalue weighted by Gasteiger charge is 2.36. The number of amides is 1. The molecule has 0 spiro atoms. The Balaban J connectivity index is 1.43. The van der Waals surface area contributed by atoms with Crippen molar-refractivity contribution in [1.29, 1.82) is 0 Å². The number of sulfonamides is 1. The molecule has 1 atom stereocenters. The van der Waals surface area contributed by atoms with E-state index in [1.165, 1.54) is 0 Å². The molecule has 1 aliphatic heterocycles. The average molecular weight is 389 g/mol. The Labute approximate surface area is 160 Å². The van der Waals surface area contributed by atoms with Crippen LogP contribution < -0.4 is 10.2 Å². The van der Waals surface area contributed by atoms with Gasteiger partial charge in [-0.15, -0.1) is 0 Å². The summed E-state index contributed by atoms with van der Waals surface area (Å²) in [6.07, 6.45) is 2.15. The van der Waals surface area contributed by atoms with E-state index in [9.17, 15) is 13.2 Å². The van der Waals surface area contributed by atoms with Gasteiger partial charge in [-0.1, -0.05) is 30.3 Å². The maximum Gasteiger partial charge on any atom is 0.278 e. The fourth-order valence-electron chi connectivity index (χ4n) is 3.66. The number of carbonyl (C=O) groups is 1. The minimum absolute atomic E-state index is 0.0818. The summed E-state index contributed by atoms with van der Waals surface area (Å²) >= 11 is 0. The Morgan fingerprint density at radius 3 is 2.44 bits per heavy atom. The van der Waals surface area contributed by atoms with Gasteiger partial charge in [0.1, 0.15) is 0 Å². The highest BCUT2D eigenvalue weighted by atomic mass is 32.2. The Hall–Kier alpha value is -1.96. The minimum Gasteiger partial charge on any atom is -0.348 e. The van der Waals surface area contributed by atoms with E-state index >= 15 is 0 Å². The van der Waals surface area contributed by atoms with Gasteiger partial charge in [-0.2, -0.15) is 4.31 Å². The van der Waals surface area contributed by atoms with Crippen molar-refractivity contribution < 1.29 is 18.1 Å². The Kier molecular flexibility index (Phi) is 4.92. The van der Waals surface area contributed by atoms with Crippen molar-refractivity contribution in [2.75, 3.05) is 26.2 Å². The zero-order valence-electron chi connectivity index (χ0n) is 15.5. The van der Waals surface area contributed by atoms with Crippen molar-refractivity contribution in [3.05, 3.63) is 42.5 Å². The minimum atomic E-state index is -3.51. The number of carbonyl (C=O) groups excluding carboxylic acids is 1. The number of hydrogen-bond donors (Lipinski definition) is 2. The van der Waals surface area contributed by atoms with E-state index in [1.54, 1.807) is 16.4 Å². The third-order valence-electron chi connectivity index (χ3n) is 5.65. The molecule has 0 radical (unpaired) electrons. The van der Waals surface area contributed by atoms with E-state index in [0.717, 1.165) is 28.5 Å². The average Bonchev–Trinajstić information content (AvgIpc) is 3.51. The summed E-state index contributed by atoms with van der Waals surface area (Å²) in [5.74, 6) is 0.0818. The predicted octanol–water partition coefficient (Wildman–Crippen LogP) is 0.396. The molecule has 27 heavy (non-hydrogen) atoms. The molecule has 1 saturated carbocycles. The van der Waals surface area contributed by atoms with Crippen LogP contribution in [0.5, 0.6) is 0 Å². The monoisotopic (exact) mass is 388 g/mol. The van der Waals surface area contributed by atoms with Gasteiger partial charge in [0.25, 0.3) is 5.91 Å². The number of hydrogen-bond acceptors (Lipinski definition) is 3. The molecule has 7 heteroatoms. The topological polar surface area (TPSA) is 70.9 Å². The summed E-state index contributed by atoms with van der Waals surface area (Å²) in [7, 11) is -3.51. The molecule has 0 bridgehead atoms. The van der Waals surface area contributed by atoms with Crippen LogP contribution in [0.2, 0.25) is 0 Å². The van der Waals surface area contributed by atoms with Crippen LogP contribution in [0, 0.1) is 0 Å². The van der Waals surface area contributed by atoms with E-state index in [-0.39, 0.29) is 11.9 Å². The van der Waals surface area contributed by atoms with Crippen molar-refractivity contribution in [2.24, 2.45) is 0 Å². The normalized spacial score (nSPS) is 20.5.